The molecule has 0 aromatic heterocycles. The highest BCUT2D eigenvalue weighted by Gasteiger charge is 2.31. The van der Waals surface area contributed by atoms with Crippen molar-refractivity contribution in [3.05, 3.63) is 35.9 Å². The van der Waals surface area contributed by atoms with Gasteiger partial charge in [0.05, 0.1) is 12.9 Å². The van der Waals surface area contributed by atoms with E-state index in [1.54, 1.807) is 0 Å². The normalized spacial score (nSPS) is 19.4. The zero-order chi connectivity index (χ0) is 13.2. The summed E-state index contributed by atoms with van der Waals surface area (Å²) in [6.45, 7) is 4.26. The molecule has 0 saturated carbocycles. The Bertz CT molecular complexity index is 480. The van der Waals surface area contributed by atoms with E-state index in [0.717, 1.165) is 19.3 Å². The second-order valence-electron chi connectivity index (χ2n) is 4.90. The smallest absolute Gasteiger partial charge is 0.264 e. The molecule has 2 rings (SSSR count). The summed E-state index contributed by atoms with van der Waals surface area (Å²) in [7, 11) is -3.30. The lowest BCUT2D eigenvalue weighted by Gasteiger charge is -2.43. The molecular formula is C13H19NO3S. The van der Waals surface area contributed by atoms with Gasteiger partial charge in [0.25, 0.3) is 10.1 Å². The SMILES string of the molecule is CC(c1ccccc1)N1CC(COS(C)(=O)=O)C1. The number of hydrogen-bond acceptors (Lipinski definition) is 4. The molecule has 0 radical (unpaired) electrons. The van der Waals surface area contributed by atoms with E-state index >= 15 is 0 Å². The Morgan fingerprint density at radius 1 is 1.33 bits per heavy atom. The molecule has 1 aromatic carbocycles. The van der Waals surface area contributed by atoms with Crippen LogP contribution in [0, 0.1) is 5.92 Å². The van der Waals surface area contributed by atoms with Crippen LogP contribution < -0.4 is 0 Å². The van der Waals surface area contributed by atoms with E-state index < -0.39 is 10.1 Å². The Morgan fingerprint density at radius 2 is 1.94 bits per heavy atom. The molecule has 1 fully saturated rings. The maximum absolute atomic E-state index is 10.9. The van der Waals surface area contributed by atoms with Crippen molar-refractivity contribution < 1.29 is 12.6 Å². The highest BCUT2D eigenvalue weighted by Crippen LogP contribution is 2.28. The molecule has 1 aliphatic heterocycles. The average Bonchev–Trinajstić information content (AvgIpc) is 2.26. The van der Waals surface area contributed by atoms with E-state index in [1.807, 2.05) is 18.2 Å². The van der Waals surface area contributed by atoms with Crippen LogP contribution in [0.4, 0.5) is 0 Å². The highest BCUT2D eigenvalue weighted by molar-refractivity contribution is 7.85. The topological polar surface area (TPSA) is 46.6 Å². The molecule has 1 aromatic rings. The van der Waals surface area contributed by atoms with Gasteiger partial charge in [0.2, 0.25) is 0 Å². The molecule has 0 bridgehead atoms. The largest absolute Gasteiger partial charge is 0.296 e. The number of likely N-dealkylation sites (tertiary alicyclic amines) is 1. The number of nitrogens with zero attached hydrogens (tertiary/aromatic N) is 1. The number of rotatable bonds is 5. The minimum Gasteiger partial charge on any atom is -0.296 e. The Labute approximate surface area is 109 Å². The number of benzene rings is 1. The summed E-state index contributed by atoms with van der Waals surface area (Å²) in [5, 5.41) is 0. The van der Waals surface area contributed by atoms with Crippen LogP contribution in [0.3, 0.4) is 0 Å². The van der Waals surface area contributed by atoms with Crippen LogP contribution >= 0.6 is 0 Å². The first-order valence-corrected chi connectivity index (χ1v) is 7.91. The van der Waals surface area contributed by atoms with Gasteiger partial charge >= 0.3 is 0 Å². The molecule has 18 heavy (non-hydrogen) atoms. The maximum atomic E-state index is 10.9. The van der Waals surface area contributed by atoms with Crippen LogP contribution in [0.5, 0.6) is 0 Å². The van der Waals surface area contributed by atoms with Gasteiger partial charge in [-0.05, 0) is 12.5 Å². The quantitative estimate of drug-likeness (QED) is 0.763. The van der Waals surface area contributed by atoms with Crippen LogP contribution in [-0.4, -0.2) is 39.3 Å². The lowest BCUT2D eigenvalue weighted by Crippen LogP contribution is -2.49. The Hall–Kier alpha value is -0.910. The average molecular weight is 269 g/mol. The molecule has 1 unspecified atom stereocenters. The van der Waals surface area contributed by atoms with Gasteiger partial charge in [-0.1, -0.05) is 30.3 Å². The molecule has 0 aliphatic carbocycles. The molecule has 0 spiro atoms. The van der Waals surface area contributed by atoms with Crippen LogP contribution in [0.25, 0.3) is 0 Å². The van der Waals surface area contributed by atoms with Crippen LogP contribution in [0.15, 0.2) is 30.3 Å². The summed E-state index contributed by atoms with van der Waals surface area (Å²) in [5.74, 6) is 0.325. The summed E-state index contributed by atoms with van der Waals surface area (Å²) < 4.78 is 26.6. The predicted octanol–water partition coefficient (Wildman–Crippen LogP) is 1.66. The summed E-state index contributed by atoms with van der Waals surface area (Å²) >= 11 is 0. The summed E-state index contributed by atoms with van der Waals surface area (Å²) in [5.41, 5.74) is 1.29. The first-order chi connectivity index (χ1) is 8.46. The van der Waals surface area contributed by atoms with Crippen molar-refractivity contribution in [3.63, 3.8) is 0 Å². The van der Waals surface area contributed by atoms with Gasteiger partial charge in [-0.15, -0.1) is 0 Å². The molecule has 100 valence electrons. The fourth-order valence-corrected chi connectivity index (χ4v) is 2.63. The molecule has 1 heterocycles. The monoisotopic (exact) mass is 269 g/mol. The molecular weight excluding hydrogens is 250 g/mol. The van der Waals surface area contributed by atoms with Crippen molar-refractivity contribution in [2.24, 2.45) is 5.92 Å². The van der Waals surface area contributed by atoms with Gasteiger partial charge in [0.1, 0.15) is 0 Å². The molecule has 1 atom stereocenters. The Balaban J connectivity index is 1.79. The fraction of sp³-hybridized carbons (Fsp3) is 0.538. The van der Waals surface area contributed by atoms with Crippen molar-refractivity contribution in [1.29, 1.82) is 0 Å². The molecule has 1 saturated heterocycles. The lowest BCUT2D eigenvalue weighted by atomic mass is 9.96. The molecule has 1 aliphatic rings. The lowest BCUT2D eigenvalue weighted by molar-refractivity contribution is 0.0328. The minimum atomic E-state index is -3.30. The highest BCUT2D eigenvalue weighted by atomic mass is 32.2. The second-order valence-corrected chi connectivity index (χ2v) is 6.54. The van der Waals surface area contributed by atoms with Crippen molar-refractivity contribution >= 4 is 10.1 Å². The van der Waals surface area contributed by atoms with Crippen molar-refractivity contribution in [2.75, 3.05) is 26.0 Å². The summed E-state index contributed by atoms with van der Waals surface area (Å²) in [4.78, 5) is 2.33. The Morgan fingerprint density at radius 3 is 2.50 bits per heavy atom. The van der Waals surface area contributed by atoms with E-state index in [2.05, 4.69) is 24.0 Å². The zero-order valence-electron chi connectivity index (χ0n) is 10.7. The molecule has 0 N–H and O–H groups in total. The molecule has 5 heteroatoms. The minimum absolute atomic E-state index is 0.302. The van der Waals surface area contributed by atoms with Gasteiger partial charge in [-0.25, -0.2) is 0 Å². The first-order valence-electron chi connectivity index (χ1n) is 6.09. The predicted molar refractivity (Wildman–Crippen MR) is 70.7 cm³/mol. The third-order valence-electron chi connectivity index (χ3n) is 3.33. The number of hydrogen-bond donors (Lipinski definition) is 0. The third kappa shape index (κ3) is 3.54. The van der Waals surface area contributed by atoms with E-state index in [1.165, 1.54) is 5.56 Å². The Kier molecular flexibility index (Phi) is 4.04. The van der Waals surface area contributed by atoms with Crippen molar-refractivity contribution in [1.82, 2.24) is 4.90 Å². The summed E-state index contributed by atoms with van der Waals surface area (Å²) in [6, 6.07) is 10.7. The first kappa shape index (κ1) is 13.5. The fourth-order valence-electron chi connectivity index (χ4n) is 2.19. The van der Waals surface area contributed by atoms with E-state index in [0.29, 0.717) is 18.6 Å². The second kappa shape index (κ2) is 5.38. The van der Waals surface area contributed by atoms with Crippen molar-refractivity contribution in [2.45, 2.75) is 13.0 Å². The molecule has 0 amide bonds. The van der Waals surface area contributed by atoms with Crippen LogP contribution in [-0.2, 0) is 14.3 Å². The maximum Gasteiger partial charge on any atom is 0.264 e. The van der Waals surface area contributed by atoms with Gasteiger partial charge in [0.15, 0.2) is 0 Å². The standard InChI is InChI=1S/C13H19NO3S/c1-11(13-6-4-3-5-7-13)14-8-12(9-14)10-17-18(2,15)16/h3-7,11-12H,8-10H2,1-2H3. The van der Waals surface area contributed by atoms with Crippen LogP contribution in [0.2, 0.25) is 0 Å². The molecule has 4 nitrogen and oxygen atoms in total. The van der Waals surface area contributed by atoms with Crippen LogP contribution in [0.1, 0.15) is 18.5 Å². The van der Waals surface area contributed by atoms with E-state index in [9.17, 15) is 8.42 Å². The van der Waals surface area contributed by atoms with E-state index in [4.69, 9.17) is 4.18 Å². The van der Waals surface area contributed by atoms with Crippen molar-refractivity contribution in [3.8, 4) is 0 Å². The van der Waals surface area contributed by atoms with Gasteiger partial charge in [-0.2, -0.15) is 8.42 Å². The third-order valence-corrected chi connectivity index (χ3v) is 3.90. The van der Waals surface area contributed by atoms with E-state index in [-0.39, 0.29) is 0 Å². The zero-order valence-corrected chi connectivity index (χ0v) is 11.6. The summed E-state index contributed by atoms with van der Waals surface area (Å²) in [6.07, 6.45) is 1.09. The van der Waals surface area contributed by atoms with Gasteiger partial charge < -0.3 is 0 Å². The van der Waals surface area contributed by atoms with Gasteiger partial charge in [-0.3, -0.25) is 9.08 Å². The van der Waals surface area contributed by atoms with Gasteiger partial charge in [0, 0.05) is 25.0 Å².